The molecule has 0 aromatic rings. The zero-order valence-electron chi connectivity index (χ0n) is 10.1. The van der Waals surface area contributed by atoms with E-state index in [4.69, 9.17) is 4.74 Å². The van der Waals surface area contributed by atoms with Crippen molar-refractivity contribution in [2.24, 2.45) is 0 Å². The first kappa shape index (κ1) is 11.0. The molecule has 16 heavy (non-hydrogen) atoms. The van der Waals surface area contributed by atoms with Gasteiger partial charge in [0, 0.05) is 19.6 Å². The first-order chi connectivity index (χ1) is 7.47. The summed E-state index contributed by atoms with van der Waals surface area (Å²) >= 11 is 0. The second kappa shape index (κ2) is 3.85. The molecule has 0 aliphatic carbocycles. The molecule has 0 aromatic heterocycles. The van der Waals surface area contributed by atoms with Gasteiger partial charge in [0.25, 0.3) is 0 Å². The first-order valence-corrected chi connectivity index (χ1v) is 5.60. The van der Waals surface area contributed by atoms with Crippen molar-refractivity contribution in [1.29, 1.82) is 0 Å². The van der Waals surface area contributed by atoms with Crippen molar-refractivity contribution in [3.8, 4) is 0 Å². The molecule has 0 N–H and O–H groups in total. The van der Waals surface area contributed by atoms with Crippen LogP contribution in [0.15, 0.2) is 24.0 Å². The van der Waals surface area contributed by atoms with E-state index in [1.165, 1.54) is 0 Å². The first-order valence-electron chi connectivity index (χ1n) is 5.60. The molecule has 1 fully saturated rings. The van der Waals surface area contributed by atoms with Crippen molar-refractivity contribution in [2.45, 2.75) is 26.4 Å². The van der Waals surface area contributed by atoms with Crippen molar-refractivity contribution in [1.82, 2.24) is 9.80 Å². The van der Waals surface area contributed by atoms with Crippen LogP contribution >= 0.6 is 0 Å². The van der Waals surface area contributed by atoms with E-state index >= 15 is 0 Å². The topological polar surface area (TPSA) is 32.8 Å². The Morgan fingerprint density at radius 1 is 1.38 bits per heavy atom. The van der Waals surface area contributed by atoms with Crippen LogP contribution in [-0.4, -0.2) is 41.1 Å². The van der Waals surface area contributed by atoms with Crippen LogP contribution in [0.1, 0.15) is 20.8 Å². The average molecular weight is 222 g/mol. The molecule has 2 aliphatic rings. The normalized spacial score (nSPS) is 19.6. The van der Waals surface area contributed by atoms with Crippen molar-refractivity contribution in [2.75, 3.05) is 19.6 Å². The fourth-order valence-corrected chi connectivity index (χ4v) is 1.84. The highest BCUT2D eigenvalue weighted by molar-refractivity contribution is 5.71. The SMILES string of the molecule is CC(C)(C)OC(=O)N1CCN2CC=CC=C21. The zero-order valence-corrected chi connectivity index (χ0v) is 10.1. The van der Waals surface area contributed by atoms with Gasteiger partial charge in [0.2, 0.25) is 0 Å². The zero-order chi connectivity index (χ0) is 11.8. The number of hydrogen-bond donors (Lipinski definition) is 0. The number of hydrogen-bond acceptors (Lipinski definition) is 3. The van der Waals surface area contributed by atoms with Gasteiger partial charge < -0.3 is 9.64 Å². The van der Waals surface area contributed by atoms with Crippen LogP contribution in [0.25, 0.3) is 0 Å². The summed E-state index contributed by atoms with van der Waals surface area (Å²) in [6.07, 6.45) is 5.77. The standard InChI is InChI=1S/C12H18N2O2/c1-12(2,3)16-11(15)14-9-8-13-7-5-4-6-10(13)14/h4-6H,7-9H2,1-3H3. The third-order valence-electron chi connectivity index (χ3n) is 2.52. The summed E-state index contributed by atoms with van der Waals surface area (Å²) < 4.78 is 5.37. The predicted molar refractivity (Wildman–Crippen MR) is 61.7 cm³/mol. The number of ether oxygens (including phenoxy) is 1. The Morgan fingerprint density at radius 2 is 2.12 bits per heavy atom. The van der Waals surface area contributed by atoms with Gasteiger partial charge in [-0.3, -0.25) is 4.90 Å². The van der Waals surface area contributed by atoms with Crippen molar-refractivity contribution in [3.05, 3.63) is 24.0 Å². The minimum Gasteiger partial charge on any atom is -0.443 e. The predicted octanol–water partition coefficient (Wildman–Crippen LogP) is 1.95. The number of rotatable bonds is 0. The molecule has 0 aromatic carbocycles. The lowest BCUT2D eigenvalue weighted by Gasteiger charge is -2.27. The highest BCUT2D eigenvalue weighted by Gasteiger charge is 2.32. The van der Waals surface area contributed by atoms with Crippen LogP contribution in [0.2, 0.25) is 0 Å². The van der Waals surface area contributed by atoms with Gasteiger partial charge in [-0.1, -0.05) is 12.2 Å². The Balaban J connectivity index is 2.08. The van der Waals surface area contributed by atoms with Crippen LogP contribution in [0, 0.1) is 0 Å². The fraction of sp³-hybridized carbons (Fsp3) is 0.583. The molecule has 4 nitrogen and oxygen atoms in total. The minimum atomic E-state index is -0.435. The monoisotopic (exact) mass is 222 g/mol. The molecule has 0 radical (unpaired) electrons. The molecule has 1 saturated heterocycles. The van der Waals surface area contributed by atoms with E-state index < -0.39 is 5.60 Å². The molecule has 2 rings (SSSR count). The van der Waals surface area contributed by atoms with E-state index in [9.17, 15) is 4.79 Å². The highest BCUT2D eigenvalue weighted by Crippen LogP contribution is 2.23. The molecule has 0 saturated carbocycles. The summed E-state index contributed by atoms with van der Waals surface area (Å²) in [4.78, 5) is 15.8. The Morgan fingerprint density at radius 3 is 2.81 bits per heavy atom. The van der Waals surface area contributed by atoms with Crippen molar-refractivity contribution < 1.29 is 9.53 Å². The lowest BCUT2D eigenvalue weighted by molar-refractivity contribution is 0.0330. The number of carbonyl (C=O) groups is 1. The van der Waals surface area contributed by atoms with Crippen LogP contribution in [-0.2, 0) is 4.74 Å². The lowest BCUT2D eigenvalue weighted by atomic mass is 10.2. The van der Waals surface area contributed by atoms with E-state index in [1.54, 1.807) is 4.90 Å². The van der Waals surface area contributed by atoms with Crippen LogP contribution in [0.3, 0.4) is 0 Å². The number of nitrogens with zero attached hydrogens (tertiary/aromatic N) is 2. The van der Waals surface area contributed by atoms with Gasteiger partial charge in [-0.2, -0.15) is 0 Å². The van der Waals surface area contributed by atoms with Gasteiger partial charge in [0.15, 0.2) is 0 Å². The maximum absolute atomic E-state index is 11.9. The summed E-state index contributed by atoms with van der Waals surface area (Å²) in [5.41, 5.74) is -0.435. The summed E-state index contributed by atoms with van der Waals surface area (Å²) in [5, 5.41) is 0. The second-order valence-corrected chi connectivity index (χ2v) is 5.03. The molecular formula is C12H18N2O2. The van der Waals surface area contributed by atoms with E-state index in [1.807, 2.05) is 32.9 Å². The van der Waals surface area contributed by atoms with Gasteiger partial charge in [0.05, 0.1) is 0 Å². The molecule has 2 aliphatic heterocycles. The summed E-state index contributed by atoms with van der Waals surface area (Å²) in [6.45, 7) is 8.12. The van der Waals surface area contributed by atoms with Gasteiger partial charge in [-0.25, -0.2) is 4.79 Å². The summed E-state index contributed by atoms with van der Waals surface area (Å²) in [5.74, 6) is 0.955. The molecule has 0 bridgehead atoms. The number of allylic oxidation sites excluding steroid dienone is 2. The Labute approximate surface area is 96.2 Å². The fourth-order valence-electron chi connectivity index (χ4n) is 1.84. The molecule has 0 atom stereocenters. The number of carbonyl (C=O) groups excluding carboxylic acids is 1. The van der Waals surface area contributed by atoms with E-state index in [0.717, 1.165) is 18.9 Å². The van der Waals surface area contributed by atoms with E-state index in [0.29, 0.717) is 6.54 Å². The quantitative estimate of drug-likeness (QED) is 0.628. The lowest BCUT2D eigenvalue weighted by Crippen LogP contribution is -2.35. The minimum absolute atomic E-state index is 0.253. The Kier molecular flexibility index (Phi) is 2.66. The van der Waals surface area contributed by atoms with Crippen molar-refractivity contribution >= 4 is 6.09 Å². The highest BCUT2D eigenvalue weighted by atomic mass is 16.6. The smallest absolute Gasteiger partial charge is 0.416 e. The summed E-state index contributed by atoms with van der Waals surface area (Å²) in [7, 11) is 0. The van der Waals surface area contributed by atoms with Crippen molar-refractivity contribution in [3.63, 3.8) is 0 Å². The van der Waals surface area contributed by atoms with Crippen LogP contribution in [0.4, 0.5) is 4.79 Å². The Hall–Kier alpha value is -1.45. The molecule has 2 heterocycles. The van der Waals surface area contributed by atoms with Crippen LogP contribution in [0.5, 0.6) is 0 Å². The largest absolute Gasteiger partial charge is 0.443 e. The molecule has 0 unspecified atom stereocenters. The average Bonchev–Trinajstić information content (AvgIpc) is 2.58. The van der Waals surface area contributed by atoms with E-state index in [-0.39, 0.29) is 6.09 Å². The van der Waals surface area contributed by atoms with Gasteiger partial charge in [0.1, 0.15) is 11.4 Å². The van der Waals surface area contributed by atoms with Gasteiger partial charge >= 0.3 is 6.09 Å². The number of fused-ring (bicyclic) bond motifs is 1. The molecule has 88 valence electrons. The molecule has 4 heteroatoms. The Bertz CT molecular complexity index is 353. The van der Waals surface area contributed by atoms with Gasteiger partial charge in [-0.05, 0) is 26.8 Å². The third kappa shape index (κ3) is 2.21. The number of amides is 1. The van der Waals surface area contributed by atoms with E-state index in [2.05, 4.69) is 11.0 Å². The molecule has 1 amide bonds. The maximum atomic E-state index is 11.9. The molecule has 0 spiro atoms. The van der Waals surface area contributed by atoms with Gasteiger partial charge in [-0.15, -0.1) is 0 Å². The van der Waals surface area contributed by atoms with Crippen LogP contribution < -0.4 is 0 Å². The summed E-state index contributed by atoms with van der Waals surface area (Å²) in [6, 6.07) is 0. The molecular weight excluding hydrogens is 204 g/mol. The second-order valence-electron chi connectivity index (χ2n) is 5.03. The maximum Gasteiger partial charge on any atom is 0.416 e. The third-order valence-corrected chi connectivity index (χ3v) is 2.52.